The SMILES string of the molecule is C/C(=C\Cc1c(N=O)c(Cl)c(C)c(C=O)c1N=O)CCCCOC(=O)C(C)(C)C. The van der Waals surface area contributed by atoms with Crippen molar-refractivity contribution in [1.82, 2.24) is 0 Å². The van der Waals surface area contributed by atoms with Crippen LogP contribution in [0.2, 0.25) is 5.02 Å². The van der Waals surface area contributed by atoms with Crippen LogP contribution >= 0.6 is 11.6 Å². The number of rotatable bonds is 10. The predicted molar refractivity (Wildman–Crippen MR) is 114 cm³/mol. The van der Waals surface area contributed by atoms with E-state index in [-0.39, 0.29) is 39.9 Å². The number of nitroso groups, excluding NO2 is 2. The van der Waals surface area contributed by atoms with E-state index in [1.165, 1.54) is 6.92 Å². The van der Waals surface area contributed by atoms with E-state index in [4.69, 9.17) is 16.3 Å². The first-order chi connectivity index (χ1) is 13.6. The second-order valence-corrected chi connectivity index (χ2v) is 8.30. The molecule has 0 aliphatic carbocycles. The van der Waals surface area contributed by atoms with E-state index in [2.05, 4.69) is 10.4 Å². The Balaban J connectivity index is 2.81. The molecule has 158 valence electrons. The fourth-order valence-electron chi connectivity index (χ4n) is 2.68. The van der Waals surface area contributed by atoms with E-state index in [1.807, 2.05) is 13.0 Å². The molecule has 0 heterocycles. The summed E-state index contributed by atoms with van der Waals surface area (Å²) in [6, 6.07) is 0. The fraction of sp³-hybridized carbons (Fsp3) is 0.524. The van der Waals surface area contributed by atoms with Crippen molar-refractivity contribution in [2.24, 2.45) is 15.8 Å². The number of halogens is 1. The number of ether oxygens (including phenoxy) is 1. The van der Waals surface area contributed by atoms with Crippen LogP contribution in [0, 0.1) is 22.2 Å². The van der Waals surface area contributed by atoms with Crippen LogP contribution in [0.5, 0.6) is 0 Å². The van der Waals surface area contributed by atoms with E-state index in [0.717, 1.165) is 24.8 Å². The van der Waals surface area contributed by atoms with Crippen molar-refractivity contribution in [3.8, 4) is 0 Å². The van der Waals surface area contributed by atoms with E-state index in [0.29, 0.717) is 18.5 Å². The van der Waals surface area contributed by atoms with Crippen LogP contribution in [-0.4, -0.2) is 18.9 Å². The molecule has 0 atom stereocenters. The number of hydrogen-bond donors (Lipinski definition) is 0. The van der Waals surface area contributed by atoms with Gasteiger partial charge in [0.05, 0.1) is 17.0 Å². The van der Waals surface area contributed by atoms with Crippen molar-refractivity contribution in [2.75, 3.05) is 6.61 Å². The topological polar surface area (TPSA) is 102 Å². The molecule has 29 heavy (non-hydrogen) atoms. The first-order valence-electron chi connectivity index (χ1n) is 9.38. The molecule has 0 bridgehead atoms. The van der Waals surface area contributed by atoms with Gasteiger partial charge in [-0.3, -0.25) is 9.59 Å². The van der Waals surface area contributed by atoms with Crippen molar-refractivity contribution in [2.45, 2.75) is 60.3 Å². The molecule has 1 aromatic carbocycles. The maximum Gasteiger partial charge on any atom is 0.311 e. The van der Waals surface area contributed by atoms with Gasteiger partial charge < -0.3 is 4.74 Å². The summed E-state index contributed by atoms with van der Waals surface area (Å²) in [6.07, 6.45) is 4.84. The number of aldehydes is 1. The Kier molecular flexibility index (Phi) is 9.30. The summed E-state index contributed by atoms with van der Waals surface area (Å²) in [5.74, 6) is -0.227. The molecule has 0 aliphatic rings. The summed E-state index contributed by atoms with van der Waals surface area (Å²) in [5, 5.41) is 5.93. The molecular weight excluding hydrogens is 396 g/mol. The number of carbonyl (C=O) groups excluding carboxylic acids is 2. The van der Waals surface area contributed by atoms with E-state index < -0.39 is 5.41 Å². The van der Waals surface area contributed by atoms with Gasteiger partial charge in [-0.2, -0.15) is 0 Å². The fourth-order valence-corrected chi connectivity index (χ4v) is 2.93. The molecule has 0 radical (unpaired) electrons. The van der Waals surface area contributed by atoms with E-state index >= 15 is 0 Å². The van der Waals surface area contributed by atoms with Gasteiger partial charge in [0, 0.05) is 11.1 Å². The molecule has 7 nitrogen and oxygen atoms in total. The third kappa shape index (κ3) is 6.56. The van der Waals surface area contributed by atoms with Crippen LogP contribution < -0.4 is 0 Å². The first-order valence-corrected chi connectivity index (χ1v) is 9.75. The van der Waals surface area contributed by atoms with Gasteiger partial charge in [0.15, 0.2) is 6.29 Å². The minimum absolute atomic E-state index is 0.0521. The maximum atomic E-state index is 11.7. The second kappa shape index (κ2) is 11.0. The van der Waals surface area contributed by atoms with Gasteiger partial charge in [0.25, 0.3) is 0 Å². The van der Waals surface area contributed by atoms with Crippen LogP contribution in [0.3, 0.4) is 0 Å². The molecule has 0 aliphatic heterocycles. The lowest BCUT2D eigenvalue weighted by atomic mass is 9.97. The number of nitrogens with zero attached hydrogens (tertiary/aromatic N) is 2. The smallest absolute Gasteiger partial charge is 0.311 e. The summed E-state index contributed by atoms with van der Waals surface area (Å²) in [5.41, 5.74) is 0.952. The number of benzene rings is 1. The molecule has 0 amide bonds. The molecule has 0 aromatic heterocycles. The minimum Gasteiger partial charge on any atom is -0.465 e. The lowest BCUT2D eigenvalue weighted by molar-refractivity contribution is -0.153. The maximum absolute atomic E-state index is 11.7. The van der Waals surface area contributed by atoms with E-state index in [9.17, 15) is 19.4 Å². The van der Waals surface area contributed by atoms with Crippen molar-refractivity contribution in [3.05, 3.63) is 43.2 Å². The van der Waals surface area contributed by atoms with Gasteiger partial charge >= 0.3 is 5.97 Å². The zero-order chi connectivity index (χ0) is 22.2. The Morgan fingerprint density at radius 1 is 1.14 bits per heavy atom. The summed E-state index contributed by atoms with van der Waals surface area (Å²) in [7, 11) is 0. The highest BCUT2D eigenvalue weighted by Gasteiger charge is 2.23. The standard InChI is InChI=1S/C21H27ClN2O5/c1-13(8-6-7-11-29-20(26)21(3,4)5)9-10-15-18(23-27)16(12-25)14(2)17(22)19(15)24-28/h9,12H,6-8,10-11H2,1-5H3/b13-9+. The Hall–Kier alpha value is -2.41. The molecule has 0 unspecified atom stereocenters. The van der Waals surface area contributed by atoms with Gasteiger partial charge in [-0.15, -0.1) is 9.81 Å². The summed E-state index contributed by atoms with van der Waals surface area (Å²) < 4.78 is 5.23. The first kappa shape index (κ1) is 24.6. The highest BCUT2D eigenvalue weighted by Crippen LogP contribution is 2.42. The molecule has 0 spiro atoms. The molecule has 0 saturated heterocycles. The highest BCUT2D eigenvalue weighted by molar-refractivity contribution is 6.34. The Morgan fingerprint density at radius 2 is 1.76 bits per heavy atom. The quantitative estimate of drug-likeness (QED) is 0.141. The van der Waals surface area contributed by atoms with E-state index in [1.54, 1.807) is 20.8 Å². The number of allylic oxidation sites excluding steroid dienone is 2. The lowest BCUT2D eigenvalue weighted by Crippen LogP contribution is -2.23. The van der Waals surface area contributed by atoms with Gasteiger partial charge in [-0.1, -0.05) is 23.3 Å². The van der Waals surface area contributed by atoms with Crippen LogP contribution in [0.15, 0.2) is 22.0 Å². The lowest BCUT2D eigenvalue weighted by Gasteiger charge is -2.16. The third-order valence-corrected chi connectivity index (χ3v) is 5.00. The minimum atomic E-state index is -0.514. The number of esters is 1. The Bertz CT molecular complexity index is 826. The Labute approximate surface area is 175 Å². The summed E-state index contributed by atoms with van der Waals surface area (Å²) >= 11 is 6.14. The van der Waals surface area contributed by atoms with Gasteiger partial charge in [-0.05, 0) is 76.2 Å². The molecule has 0 saturated carbocycles. The molecule has 1 aromatic rings. The average molecular weight is 423 g/mol. The molecule has 0 fully saturated rings. The van der Waals surface area contributed by atoms with Crippen molar-refractivity contribution in [1.29, 1.82) is 0 Å². The van der Waals surface area contributed by atoms with Crippen LogP contribution in [0.1, 0.15) is 68.4 Å². The van der Waals surface area contributed by atoms with Crippen molar-refractivity contribution in [3.63, 3.8) is 0 Å². The highest BCUT2D eigenvalue weighted by atomic mass is 35.5. The third-order valence-electron chi connectivity index (χ3n) is 4.53. The predicted octanol–water partition coefficient (Wildman–Crippen LogP) is 6.51. The molecular formula is C21H27ClN2O5. The van der Waals surface area contributed by atoms with Crippen molar-refractivity contribution >= 4 is 35.2 Å². The average Bonchev–Trinajstić information content (AvgIpc) is 2.66. The zero-order valence-corrected chi connectivity index (χ0v) is 18.3. The summed E-state index contributed by atoms with van der Waals surface area (Å²) in [6.45, 7) is 9.23. The van der Waals surface area contributed by atoms with Gasteiger partial charge in [0.2, 0.25) is 0 Å². The second-order valence-electron chi connectivity index (χ2n) is 7.93. The van der Waals surface area contributed by atoms with Gasteiger partial charge in [-0.25, -0.2) is 0 Å². The number of unbranched alkanes of at least 4 members (excludes halogenated alkanes) is 1. The summed E-state index contributed by atoms with van der Waals surface area (Å²) in [4.78, 5) is 45.6. The normalized spacial score (nSPS) is 11.9. The molecule has 8 heteroatoms. The molecule has 1 rings (SSSR count). The molecule has 0 N–H and O–H groups in total. The number of hydrogen-bond acceptors (Lipinski definition) is 7. The van der Waals surface area contributed by atoms with Gasteiger partial charge in [0.1, 0.15) is 11.4 Å². The van der Waals surface area contributed by atoms with Crippen LogP contribution in [0.4, 0.5) is 11.4 Å². The Morgan fingerprint density at radius 3 is 2.28 bits per heavy atom. The zero-order valence-electron chi connectivity index (χ0n) is 17.5. The van der Waals surface area contributed by atoms with Crippen molar-refractivity contribution < 1.29 is 14.3 Å². The number of carbonyl (C=O) groups is 2. The van der Waals surface area contributed by atoms with Crippen LogP contribution in [0.25, 0.3) is 0 Å². The monoisotopic (exact) mass is 422 g/mol. The largest absolute Gasteiger partial charge is 0.465 e. The van der Waals surface area contributed by atoms with Crippen LogP contribution in [-0.2, 0) is 16.0 Å².